The summed E-state index contributed by atoms with van der Waals surface area (Å²) in [6.07, 6.45) is 3.25. The van der Waals surface area contributed by atoms with E-state index < -0.39 is 0 Å². The summed E-state index contributed by atoms with van der Waals surface area (Å²) in [5.41, 5.74) is 1.08. The van der Waals surface area contributed by atoms with Crippen LogP contribution in [0, 0.1) is 0 Å². The minimum absolute atomic E-state index is 0.595. The molecule has 0 aliphatic heterocycles. The largest absolute Gasteiger partial charge is 0.493 e. The fourth-order valence-corrected chi connectivity index (χ4v) is 2.35. The average Bonchev–Trinajstić information content (AvgIpc) is 2.56. The summed E-state index contributed by atoms with van der Waals surface area (Å²) >= 11 is 1.86. The average molecular weight is 325 g/mol. The van der Waals surface area contributed by atoms with E-state index in [1.807, 2.05) is 30.0 Å². The van der Waals surface area contributed by atoms with E-state index in [9.17, 15) is 0 Å². The Morgan fingerprint density at radius 3 is 2.59 bits per heavy atom. The number of thioether (sulfide) groups is 1. The van der Waals surface area contributed by atoms with Crippen LogP contribution in [0.15, 0.2) is 23.2 Å². The van der Waals surface area contributed by atoms with Crippen molar-refractivity contribution in [3.05, 3.63) is 23.8 Å². The van der Waals surface area contributed by atoms with Gasteiger partial charge in [-0.2, -0.15) is 11.8 Å². The first kappa shape index (κ1) is 18.5. The van der Waals surface area contributed by atoms with Crippen LogP contribution in [0.3, 0.4) is 0 Å². The smallest absolute Gasteiger partial charge is 0.191 e. The topological polar surface area (TPSA) is 54.9 Å². The molecule has 0 radical (unpaired) electrons. The first-order chi connectivity index (χ1) is 10.7. The molecule has 0 aliphatic rings. The molecule has 0 saturated heterocycles. The fourth-order valence-electron chi connectivity index (χ4n) is 1.91. The van der Waals surface area contributed by atoms with Gasteiger partial charge in [-0.25, -0.2) is 4.99 Å². The Morgan fingerprint density at radius 1 is 1.18 bits per heavy atom. The van der Waals surface area contributed by atoms with Gasteiger partial charge < -0.3 is 20.1 Å². The van der Waals surface area contributed by atoms with E-state index in [4.69, 9.17) is 9.47 Å². The molecule has 2 N–H and O–H groups in total. The third-order valence-corrected chi connectivity index (χ3v) is 3.73. The van der Waals surface area contributed by atoms with E-state index in [0.717, 1.165) is 48.3 Å². The summed E-state index contributed by atoms with van der Waals surface area (Å²) in [6.45, 7) is 4.44. The number of hydrogen-bond donors (Lipinski definition) is 2. The molecule has 0 atom stereocenters. The number of ether oxygens (including phenoxy) is 2. The van der Waals surface area contributed by atoms with Crippen molar-refractivity contribution in [3.8, 4) is 11.5 Å². The molecule has 0 heterocycles. The van der Waals surface area contributed by atoms with Crippen molar-refractivity contribution in [2.45, 2.75) is 19.9 Å². The van der Waals surface area contributed by atoms with Crippen LogP contribution in [-0.4, -0.2) is 45.3 Å². The Bertz CT molecular complexity index is 467. The molecule has 6 heteroatoms. The van der Waals surface area contributed by atoms with Crippen molar-refractivity contribution in [3.63, 3.8) is 0 Å². The molecule has 0 spiro atoms. The molecule has 0 amide bonds. The number of nitrogens with one attached hydrogen (secondary N) is 2. The van der Waals surface area contributed by atoms with Gasteiger partial charge in [0.15, 0.2) is 17.5 Å². The number of rotatable bonds is 9. The van der Waals surface area contributed by atoms with E-state index >= 15 is 0 Å². The van der Waals surface area contributed by atoms with Crippen molar-refractivity contribution < 1.29 is 9.47 Å². The van der Waals surface area contributed by atoms with Gasteiger partial charge in [-0.1, -0.05) is 6.07 Å². The monoisotopic (exact) mass is 325 g/mol. The summed E-state index contributed by atoms with van der Waals surface area (Å²) in [5, 5.41) is 6.60. The van der Waals surface area contributed by atoms with Crippen LogP contribution in [0.1, 0.15) is 18.9 Å². The summed E-state index contributed by atoms with van der Waals surface area (Å²) in [4.78, 5) is 4.60. The van der Waals surface area contributed by atoms with E-state index in [1.165, 1.54) is 0 Å². The van der Waals surface area contributed by atoms with Gasteiger partial charge in [0.25, 0.3) is 0 Å². The summed E-state index contributed by atoms with van der Waals surface area (Å²) in [7, 11) is 3.28. The predicted octanol–water partition coefficient (Wildman–Crippen LogP) is 2.51. The summed E-state index contributed by atoms with van der Waals surface area (Å²) < 4.78 is 10.6. The Balaban J connectivity index is 2.64. The molecule has 124 valence electrons. The molecule has 1 aromatic rings. The van der Waals surface area contributed by atoms with E-state index in [0.29, 0.717) is 6.54 Å². The van der Waals surface area contributed by atoms with Crippen LogP contribution in [0.4, 0.5) is 0 Å². The molecule has 1 aromatic carbocycles. The standard InChI is InChI=1S/C16H27N3O2S/c1-5-17-16(18-9-6-10-22-4)19-12-13-7-8-14(20-2)15(11-13)21-3/h7-8,11H,5-6,9-10,12H2,1-4H3,(H2,17,18,19). The highest BCUT2D eigenvalue weighted by molar-refractivity contribution is 7.98. The van der Waals surface area contributed by atoms with E-state index in [2.05, 4.69) is 28.8 Å². The van der Waals surface area contributed by atoms with Crippen LogP contribution in [0.25, 0.3) is 0 Å². The Hall–Kier alpha value is -1.56. The van der Waals surface area contributed by atoms with Crippen LogP contribution in [-0.2, 0) is 6.54 Å². The zero-order chi connectivity index (χ0) is 16.2. The van der Waals surface area contributed by atoms with Gasteiger partial charge in [-0.3, -0.25) is 0 Å². The van der Waals surface area contributed by atoms with E-state index in [-0.39, 0.29) is 0 Å². The molecule has 0 bridgehead atoms. The number of hydrogen-bond acceptors (Lipinski definition) is 4. The van der Waals surface area contributed by atoms with Gasteiger partial charge in [0.1, 0.15) is 0 Å². The maximum Gasteiger partial charge on any atom is 0.191 e. The number of nitrogens with zero attached hydrogens (tertiary/aromatic N) is 1. The lowest BCUT2D eigenvalue weighted by Crippen LogP contribution is -2.37. The minimum atomic E-state index is 0.595. The summed E-state index contributed by atoms with van der Waals surface area (Å²) in [5.74, 6) is 3.46. The molecular weight excluding hydrogens is 298 g/mol. The quantitative estimate of drug-likeness (QED) is 0.415. The van der Waals surface area contributed by atoms with Gasteiger partial charge >= 0.3 is 0 Å². The SMILES string of the molecule is CCNC(=NCc1ccc(OC)c(OC)c1)NCCCSC. The van der Waals surface area contributed by atoms with Crippen molar-refractivity contribution in [2.24, 2.45) is 4.99 Å². The number of methoxy groups -OCH3 is 2. The number of guanidine groups is 1. The molecule has 0 unspecified atom stereocenters. The van der Waals surface area contributed by atoms with Crippen LogP contribution < -0.4 is 20.1 Å². The number of aliphatic imine (C=N–C) groups is 1. The summed E-state index contributed by atoms with van der Waals surface area (Å²) in [6, 6.07) is 5.87. The molecule has 0 aliphatic carbocycles. The van der Waals surface area contributed by atoms with Crippen LogP contribution in [0.2, 0.25) is 0 Å². The second-order valence-corrected chi connectivity index (χ2v) is 5.64. The van der Waals surface area contributed by atoms with Crippen LogP contribution in [0.5, 0.6) is 11.5 Å². The van der Waals surface area contributed by atoms with Gasteiger partial charge in [-0.05, 0) is 43.0 Å². The minimum Gasteiger partial charge on any atom is -0.493 e. The van der Waals surface area contributed by atoms with Crippen molar-refractivity contribution in [1.29, 1.82) is 0 Å². The van der Waals surface area contributed by atoms with Crippen molar-refractivity contribution >= 4 is 17.7 Å². The zero-order valence-electron chi connectivity index (χ0n) is 13.9. The highest BCUT2D eigenvalue weighted by Crippen LogP contribution is 2.27. The lowest BCUT2D eigenvalue weighted by atomic mass is 10.2. The molecule has 5 nitrogen and oxygen atoms in total. The first-order valence-corrected chi connectivity index (χ1v) is 8.86. The van der Waals surface area contributed by atoms with Gasteiger partial charge in [0, 0.05) is 13.1 Å². The third kappa shape index (κ3) is 6.47. The highest BCUT2D eigenvalue weighted by atomic mass is 32.2. The van der Waals surface area contributed by atoms with E-state index in [1.54, 1.807) is 14.2 Å². The molecule has 22 heavy (non-hydrogen) atoms. The normalized spacial score (nSPS) is 11.2. The van der Waals surface area contributed by atoms with Gasteiger partial charge in [0.2, 0.25) is 0 Å². The lowest BCUT2D eigenvalue weighted by Gasteiger charge is -2.12. The zero-order valence-corrected chi connectivity index (χ0v) is 14.8. The number of benzene rings is 1. The first-order valence-electron chi connectivity index (χ1n) is 7.47. The molecule has 0 aromatic heterocycles. The molecule has 1 rings (SSSR count). The lowest BCUT2D eigenvalue weighted by molar-refractivity contribution is 0.354. The maximum atomic E-state index is 5.32. The molecular formula is C16H27N3O2S. The predicted molar refractivity (Wildman–Crippen MR) is 95.4 cm³/mol. The molecule has 0 fully saturated rings. The fraction of sp³-hybridized carbons (Fsp3) is 0.562. The second-order valence-electron chi connectivity index (χ2n) is 4.66. The third-order valence-electron chi connectivity index (χ3n) is 3.03. The highest BCUT2D eigenvalue weighted by Gasteiger charge is 2.04. The van der Waals surface area contributed by atoms with Crippen LogP contribution >= 0.6 is 11.8 Å². The Morgan fingerprint density at radius 2 is 1.95 bits per heavy atom. The Kier molecular flexibility index (Phi) is 9.30. The second kappa shape index (κ2) is 11.1. The Labute approximate surface area is 137 Å². The molecule has 0 saturated carbocycles. The van der Waals surface area contributed by atoms with Crippen molar-refractivity contribution in [2.75, 3.05) is 39.3 Å². The van der Waals surface area contributed by atoms with Gasteiger partial charge in [-0.15, -0.1) is 0 Å². The maximum absolute atomic E-state index is 5.32. The van der Waals surface area contributed by atoms with Crippen molar-refractivity contribution in [1.82, 2.24) is 10.6 Å². The van der Waals surface area contributed by atoms with Gasteiger partial charge in [0.05, 0.1) is 20.8 Å².